The first-order valence-corrected chi connectivity index (χ1v) is 8.50. The van der Waals surface area contributed by atoms with Gasteiger partial charge in [0.1, 0.15) is 0 Å². The first-order valence-electron chi connectivity index (χ1n) is 7.18. The molecule has 0 aliphatic rings. The van der Waals surface area contributed by atoms with Gasteiger partial charge in [0.15, 0.2) is 0 Å². The summed E-state index contributed by atoms with van der Waals surface area (Å²) in [6, 6.07) is -4.13. The fourth-order valence-electron chi connectivity index (χ4n) is 1.80. The number of carboxylic acids is 3. The molecule has 0 heterocycles. The molecule has 0 bridgehead atoms. The third-order valence-electron chi connectivity index (χ3n) is 3.28. The first kappa shape index (κ1) is 23.0. The molecule has 0 unspecified atom stereocenters. The van der Waals surface area contributed by atoms with Crippen molar-refractivity contribution in [2.24, 2.45) is 11.5 Å². The SMILES string of the molecule is N[C@@H](CCC(=O)N(C(=O)CC[C@H](N)C(=O)O)[C@@H](C[SeH])C(=O)O)C(=O)O. The number of nitrogens with two attached hydrogens (primary N) is 2. The number of rotatable bonds is 11. The Kier molecular flexibility index (Phi) is 9.91. The van der Waals surface area contributed by atoms with Crippen molar-refractivity contribution >= 4 is 45.7 Å². The van der Waals surface area contributed by atoms with Crippen LogP contribution in [0.15, 0.2) is 0 Å². The normalized spacial score (nSPS) is 14.2. The van der Waals surface area contributed by atoms with Gasteiger partial charge in [-0.1, -0.05) is 0 Å². The van der Waals surface area contributed by atoms with Gasteiger partial charge < -0.3 is 0 Å². The van der Waals surface area contributed by atoms with Gasteiger partial charge >= 0.3 is 151 Å². The molecular weight excluding hydrogens is 405 g/mol. The molecule has 0 fully saturated rings. The number of aliphatic carboxylic acids is 3. The van der Waals surface area contributed by atoms with Gasteiger partial charge in [-0.05, 0) is 0 Å². The van der Waals surface area contributed by atoms with E-state index >= 15 is 0 Å². The van der Waals surface area contributed by atoms with E-state index in [1.165, 1.54) is 0 Å². The monoisotopic (exact) mass is 427 g/mol. The average molecular weight is 426 g/mol. The van der Waals surface area contributed by atoms with E-state index in [4.69, 9.17) is 21.7 Å². The standard InChI is InChI=1S/C13H21N3O8Se/c14-6(11(19)20)1-3-9(17)16(8(5-25)13(23)24)10(18)4-2-7(15)12(21)22/h6-8,25H,1-5,14-15H2,(H,19,20)(H,21,22)(H,23,24)/t6-,7-,8-/m0/s1. The molecule has 0 saturated carbocycles. The van der Waals surface area contributed by atoms with Crippen molar-refractivity contribution in [3.63, 3.8) is 0 Å². The Bertz CT molecular complexity index is 505. The van der Waals surface area contributed by atoms with Crippen LogP contribution in [-0.2, 0) is 24.0 Å². The fraction of sp³-hybridized carbons (Fsp3) is 0.615. The Morgan fingerprint density at radius 1 is 0.800 bits per heavy atom. The van der Waals surface area contributed by atoms with Gasteiger partial charge in [-0.3, -0.25) is 0 Å². The third-order valence-corrected chi connectivity index (χ3v) is 4.01. The molecule has 25 heavy (non-hydrogen) atoms. The van der Waals surface area contributed by atoms with Crippen molar-refractivity contribution in [1.82, 2.24) is 4.90 Å². The number of amides is 2. The molecule has 7 N–H and O–H groups in total. The molecule has 0 aromatic heterocycles. The molecule has 0 radical (unpaired) electrons. The van der Waals surface area contributed by atoms with Crippen LogP contribution in [0.4, 0.5) is 0 Å². The molecule has 12 heteroatoms. The molecule has 11 nitrogen and oxygen atoms in total. The predicted octanol–water partition coefficient (Wildman–Crippen LogP) is -2.50. The van der Waals surface area contributed by atoms with Crippen LogP contribution in [0, 0.1) is 0 Å². The Balaban J connectivity index is 5.17. The van der Waals surface area contributed by atoms with E-state index in [9.17, 15) is 29.1 Å². The molecular formula is C13H21N3O8Se. The second-order valence-electron chi connectivity index (χ2n) is 5.16. The number of nitrogens with zero attached hydrogens (tertiary/aromatic N) is 1. The van der Waals surface area contributed by atoms with Crippen molar-refractivity contribution in [2.75, 3.05) is 0 Å². The molecule has 0 rings (SSSR count). The molecule has 0 spiro atoms. The van der Waals surface area contributed by atoms with Crippen LogP contribution >= 0.6 is 0 Å². The third kappa shape index (κ3) is 7.61. The van der Waals surface area contributed by atoms with Gasteiger partial charge in [-0.2, -0.15) is 0 Å². The second kappa shape index (κ2) is 10.8. The van der Waals surface area contributed by atoms with Crippen LogP contribution in [0.1, 0.15) is 25.7 Å². The van der Waals surface area contributed by atoms with E-state index < -0.39 is 60.7 Å². The van der Waals surface area contributed by atoms with Crippen molar-refractivity contribution in [2.45, 2.75) is 49.1 Å². The number of carbonyl (C=O) groups excluding carboxylic acids is 2. The number of imide groups is 1. The van der Waals surface area contributed by atoms with Gasteiger partial charge in [0.2, 0.25) is 0 Å². The van der Waals surface area contributed by atoms with E-state index in [0.717, 1.165) is 0 Å². The maximum absolute atomic E-state index is 12.2. The summed E-state index contributed by atoms with van der Waals surface area (Å²) in [5.41, 5.74) is 10.6. The second-order valence-corrected chi connectivity index (χ2v) is 5.93. The van der Waals surface area contributed by atoms with Crippen LogP contribution < -0.4 is 11.5 Å². The van der Waals surface area contributed by atoms with Gasteiger partial charge in [0, 0.05) is 0 Å². The van der Waals surface area contributed by atoms with Crippen molar-refractivity contribution < 1.29 is 39.3 Å². The number of hydrogen-bond donors (Lipinski definition) is 5. The average Bonchev–Trinajstić information content (AvgIpc) is 2.53. The van der Waals surface area contributed by atoms with E-state index in [-0.39, 0.29) is 18.2 Å². The summed E-state index contributed by atoms with van der Waals surface area (Å²) < 4.78 is 0. The summed E-state index contributed by atoms with van der Waals surface area (Å²) in [6.07, 6.45) is -1.45. The van der Waals surface area contributed by atoms with Crippen molar-refractivity contribution in [3.8, 4) is 0 Å². The molecule has 2 amide bonds. The minimum absolute atomic E-state index is 0.129. The molecule has 0 aliphatic heterocycles. The zero-order chi connectivity index (χ0) is 19.7. The van der Waals surface area contributed by atoms with Crippen LogP contribution in [0.5, 0.6) is 0 Å². The number of carbonyl (C=O) groups is 5. The molecule has 142 valence electrons. The zero-order valence-electron chi connectivity index (χ0n) is 13.2. The van der Waals surface area contributed by atoms with E-state index in [1.807, 2.05) is 16.0 Å². The molecule has 0 aromatic carbocycles. The van der Waals surface area contributed by atoms with Crippen LogP contribution in [0.3, 0.4) is 0 Å². The van der Waals surface area contributed by atoms with Crippen molar-refractivity contribution in [1.29, 1.82) is 0 Å². The van der Waals surface area contributed by atoms with E-state index in [2.05, 4.69) is 0 Å². The summed E-state index contributed by atoms with van der Waals surface area (Å²) in [7, 11) is 0. The van der Waals surface area contributed by atoms with E-state index in [1.54, 1.807) is 0 Å². The summed E-state index contributed by atoms with van der Waals surface area (Å²) in [5, 5.41) is 26.5. The number of carboxylic acid groups (broad SMARTS) is 3. The van der Waals surface area contributed by atoms with E-state index in [0.29, 0.717) is 4.90 Å². The van der Waals surface area contributed by atoms with Crippen LogP contribution in [-0.4, -0.2) is 84.1 Å². The van der Waals surface area contributed by atoms with Gasteiger partial charge in [-0.15, -0.1) is 0 Å². The Hall–Kier alpha value is -2.01. The van der Waals surface area contributed by atoms with Crippen molar-refractivity contribution in [3.05, 3.63) is 0 Å². The Morgan fingerprint density at radius 2 is 1.16 bits per heavy atom. The zero-order valence-corrected chi connectivity index (χ0v) is 15.1. The first-order chi connectivity index (χ1) is 11.5. The Labute approximate surface area is 151 Å². The summed E-state index contributed by atoms with van der Waals surface area (Å²) in [5.74, 6) is -5.89. The maximum atomic E-state index is 12.2. The summed E-state index contributed by atoms with van der Waals surface area (Å²) in [6.45, 7) is 0. The topological polar surface area (TPSA) is 201 Å². The van der Waals surface area contributed by atoms with Gasteiger partial charge in [0.25, 0.3) is 0 Å². The summed E-state index contributed by atoms with van der Waals surface area (Å²) >= 11 is 1.94. The Morgan fingerprint density at radius 3 is 1.40 bits per heavy atom. The predicted molar refractivity (Wildman–Crippen MR) is 84.9 cm³/mol. The molecule has 3 atom stereocenters. The van der Waals surface area contributed by atoms with Gasteiger partial charge in [-0.25, -0.2) is 0 Å². The van der Waals surface area contributed by atoms with Crippen LogP contribution in [0.25, 0.3) is 0 Å². The van der Waals surface area contributed by atoms with Crippen LogP contribution in [0.2, 0.25) is 5.32 Å². The molecule has 0 saturated heterocycles. The minimum atomic E-state index is -1.47. The molecule has 0 aromatic rings. The quantitative estimate of drug-likeness (QED) is 0.220. The number of hydrogen-bond acceptors (Lipinski definition) is 7. The fourth-order valence-corrected chi connectivity index (χ4v) is 2.47. The summed E-state index contributed by atoms with van der Waals surface area (Å²) in [4.78, 5) is 57.6. The van der Waals surface area contributed by atoms with Gasteiger partial charge in [0.05, 0.1) is 0 Å². The molecule has 0 aliphatic carbocycles.